The Morgan fingerprint density at radius 2 is 1.90 bits per heavy atom. The largest absolute Gasteiger partial charge is 0.382 e. The molecule has 8 heteroatoms. The molecule has 1 aromatic heterocycles. The van der Waals surface area contributed by atoms with Gasteiger partial charge in [-0.25, -0.2) is 14.1 Å². The van der Waals surface area contributed by atoms with Crippen LogP contribution in [-0.4, -0.2) is 28.8 Å². The zero-order valence-electron chi connectivity index (χ0n) is 17.5. The Labute approximate surface area is 181 Å². The topological polar surface area (TPSA) is 104 Å². The summed E-state index contributed by atoms with van der Waals surface area (Å²) in [6, 6.07) is 18.3. The number of nitrogen functional groups attached to an aromatic ring is 1. The number of nitrogens with one attached hydrogen (secondary N) is 2. The molecule has 3 aromatic rings. The number of rotatable bonds is 8. The van der Waals surface area contributed by atoms with Gasteiger partial charge in [0, 0.05) is 18.7 Å². The van der Waals surface area contributed by atoms with Crippen molar-refractivity contribution in [2.75, 3.05) is 18.8 Å². The number of aliphatic imine (C=N–C) groups is 1. The molecule has 0 saturated carbocycles. The SMILES string of the molecule is CCNC(=NCc1ccccc1F)NCCCc1nn(-c2ccccc2)c(N)c1C#N. The number of nitrogens with two attached hydrogens (primary N) is 1. The van der Waals surface area contributed by atoms with Crippen LogP contribution < -0.4 is 16.4 Å². The molecule has 0 bridgehead atoms. The van der Waals surface area contributed by atoms with E-state index in [1.165, 1.54) is 6.07 Å². The smallest absolute Gasteiger partial charge is 0.191 e. The third-order valence-electron chi connectivity index (χ3n) is 4.70. The zero-order valence-corrected chi connectivity index (χ0v) is 17.5. The molecule has 0 aliphatic carbocycles. The highest BCUT2D eigenvalue weighted by molar-refractivity contribution is 5.79. The number of benzene rings is 2. The third-order valence-corrected chi connectivity index (χ3v) is 4.70. The van der Waals surface area contributed by atoms with E-state index in [2.05, 4.69) is 26.8 Å². The summed E-state index contributed by atoms with van der Waals surface area (Å²) in [5.74, 6) is 0.690. The van der Waals surface area contributed by atoms with Gasteiger partial charge in [-0.15, -0.1) is 0 Å². The summed E-state index contributed by atoms with van der Waals surface area (Å²) in [5, 5.41) is 20.5. The summed E-state index contributed by atoms with van der Waals surface area (Å²) in [4.78, 5) is 4.44. The van der Waals surface area contributed by atoms with Gasteiger partial charge in [0.05, 0.1) is 17.9 Å². The number of aromatic nitrogens is 2. The summed E-state index contributed by atoms with van der Waals surface area (Å²) in [6.07, 6.45) is 1.32. The van der Waals surface area contributed by atoms with Gasteiger partial charge in [-0.3, -0.25) is 0 Å². The number of hydrogen-bond donors (Lipinski definition) is 3. The van der Waals surface area contributed by atoms with Gasteiger partial charge in [-0.05, 0) is 38.0 Å². The lowest BCUT2D eigenvalue weighted by Crippen LogP contribution is -2.37. The van der Waals surface area contributed by atoms with Crippen LogP contribution in [-0.2, 0) is 13.0 Å². The minimum absolute atomic E-state index is 0.249. The van der Waals surface area contributed by atoms with E-state index in [4.69, 9.17) is 5.73 Å². The fourth-order valence-electron chi connectivity index (χ4n) is 3.14. The van der Waals surface area contributed by atoms with Gasteiger partial charge < -0.3 is 16.4 Å². The molecule has 2 aromatic carbocycles. The van der Waals surface area contributed by atoms with Crippen LogP contribution >= 0.6 is 0 Å². The molecule has 31 heavy (non-hydrogen) atoms. The Morgan fingerprint density at radius 1 is 1.16 bits per heavy atom. The van der Waals surface area contributed by atoms with Gasteiger partial charge in [0.15, 0.2) is 5.96 Å². The summed E-state index contributed by atoms with van der Waals surface area (Å²) < 4.78 is 15.4. The first-order chi connectivity index (χ1) is 15.1. The summed E-state index contributed by atoms with van der Waals surface area (Å²) in [7, 11) is 0. The second-order valence-electron chi connectivity index (χ2n) is 6.88. The molecule has 0 radical (unpaired) electrons. The van der Waals surface area contributed by atoms with Crippen molar-refractivity contribution in [1.82, 2.24) is 20.4 Å². The second-order valence-corrected chi connectivity index (χ2v) is 6.88. The average Bonchev–Trinajstić information content (AvgIpc) is 3.11. The molecule has 1 heterocycles. The molecule has 3 rings (SSSR count). The summed E-state index contributed by atoms with van der Waals surface area (Å²) in [6.45, 7) is 3.53. The van der Waals surface area contributed by atoms with Crippen molar-refractivity contribution < 1.29 is 4.39 Å². The lowest BCUT2D eigenvalue weighted by Gasteiger charge is -2.11. The van der Waals surface area contributed by atoms with E-state index in [9.17, 15) is 9.65 Å². The number of halogens is 1. The molecule has 0 aliphatic heterocycles. The zero-order chi connectivity index (χ0) is 22.1. The monoisotopic (exact) mass is 419 g/mol. The lowest BCUT2D eigenvalue weighted by molar-refractivity contribution is 0.610. The Kier molecular flexibility index (Phi) is 7.60. The van der Waals surface area contributed by atoms with Crippen molar-refractivity contribution in [3.05, 3.63) is 77.2 Å². The maximum absolute atomic E-state index is 13.8. The Hall–Kier alpha value is -3.86. The van der Waals surface area contributed by atoms with E-state index in [0.29, 0.717) is 48.1 Å². The maximum Gasteiger partial charge on any atom is 0.191 e. The number of para-hydroxylation sites is 1. The molecule has 0 amide bonds. The van der Waals surface area contributed by atoms with Gasteiger partial charge >= 0.3 is 0 Å². The number of hydrogen-bond acceptors (Lipinski definition) is 4. The van der Waals surface area contributed by atoms with E-state index >= 15 is 0 Å². The highest BCUT2D eigenvalue weighted by atomic mass is 19.1. The molecular weight excluding hydrogens is 393 g/mol. The normalized spacial score (nSPS) is 11.2. The van der Waals surface area contributed by atoms with E-state index in [1.807, 2.05) is 37.3 Å². The van der Waals surface area contributed by atoms with E-state index < -0.39 is 0 Å². The number of nitrogens with zero attached hydrogens (tertiary/aromatic N) is 4. The molecule has 0 spiro atoms. The van der Waals surface area contributed by atoms with Crippen LogP contribution in [0.15, 0.2) is 59.6 Å². The number of anilines is 1. The van der Waals surface area contributed by atoms with Gasteiger partial charge in [0.25, 0.3) is 0 Å². The minimum atomic E-state index is -0.266. The number of nitriles is 1. The predicted molar refractivity (Wildman–Crippen MR) is 120 cm³/mol. The average molecular weight is 420 g/mol. The second kappa shape index (κ2) is 10.8. The first kappa shape index (κ1) is 21.8. The molecule has 4 N–H and O–H groups in total. The first-order valence-electron chi connectivity index (χ1n) is 10.2. The van der Waals surface area contributed by atoms with Crippen molar-refractivity contribution >= 4 is 11.8 Å². The lowest BCUT2D eigenvalue weighted by atomic mass is 10.1. The molecule has 0 aliphatic rings. The van der Waals surface area contributed by atoms with Gasteiger partial charge in [0.1, 0.15) is 23.3 Å². The van der Waals surface area contributed by atoms with Crippen LogP contribution in [0.25, 0.3) is 5.69 Å². The maximum atomic E-state index is 13.8. The molecule has 160 valence electrons. The highest BCUT2D eigenvalue weighted by Gasteiger charge is 2.16. The molecule has 0 saturated heterocycles. The van der Waals surface area contributed by atoms with Crippen molar-refractivity contribution in [1.29, 1.82) is 5.26 Å². The quantitative estimate of drug-likeness (QED) is 0.296. The minimum Gasteiger partial charge on any atom is -0.382 e. The van der Waals surface area contributed by atoms with E-state index in [0.717, 1.165) is 12.1 Å². The van der Waals surface area contributed by atoms with E-state index in [-0.39, 0.29) is 12.4 Å². The number of guanidine groups is 1. The number of aryl methyl sites for hydroxylation is 1. The van der Waals surface area contributed by atoms with Gasteiger partial charge in [-0.1, -0.05) is 36.4 Å². The molecule has 7 nitrogen and oxygen atoms in total. The van der Waals surface area contributed by atoms with Gasteiger partial charge in [0.2, 0.25) is 0 Å². The molecule has 0 unspecified atom stereocenters. The first-order valence-corrected chi connectivity index (χ1v) is 10.2. The van der Waals surface area contributed by atoms with Crippen LogP contribution in [0.5, 0.6) is 0 Å². The van der Waals surface area contributed by atoms with Crippen LogP contribution in [0, 0.1) is 17.1 Å². The van der Waals surface area contributed by atoms with Crippen LogP contribution in [0.1, 0.15) is 30.2 Å². The predicted octanol–water partition coefficient (Wildman–Crippen LogP) is 3.15. The fourth-order valence-corrected chi connectivity index (χ4v) is 3.14. The molecule has 0 atom stereocenters. The fraction of sp³-hybridized carbons (Fsp3) is 0.261. The Bertz CT molecular complexity index is 1070. The van der Waals surface area contributed by atoms with Crippen molar-refractivity contribution in [2.45, 2.75) is 26.3 Å². The summed E-state index contributed by atoms with van der Waals surface area (Å²) >= 11 is 0. The molecule has 0 fully saturated rings. The Balaban J connectivity index is 1.60. The highest BCUT2D eigenvalue weighted by Crippen LogP contribution is 2.21. The standard InChI is InChI=1S/C23H26FN7/c1-2-27-23(29-16-17-9-6-7-12-20(17)24)28-14-8-13-21-19(15-25)22(26)31(30-21)18-10-4-3-5-11-18/h3-7,9-12H,2,8,13-14,16,26H2,1H3,(H2,27,28,29). The third kappa shape index (κ3) is 5.60. The van der Waals surface area contributed by atoms with Crippen molar-refractivity contribution in [2.24, 2.45) is 4.99 Å². The molecular formula is C23H26FN7. The van der Waals surface area contributed by atoms with Gasteiger partial charge in [-0.2, -0.15) is 10.4 Å². The van der Waals surface area contributed by atoms with Crippen LogP contribution in [0.4, 0.5) is 10.2 Å². The van der Waals surface area contributed by atoms with Crippen LogP contribution in [0.3, 0.4) is 0 Å². The summed E-state index contributed by atoms with van der Waals surface area (Å²) in [5.41, 5.74) is 8.58. The van der Waals surface area contributed by atoms with Crippen molar-refractivity contribution in [3.63, 3.8) is 0 Å². The Morgan fingerprint density at radius 3 is 2.61 bits per heavy atom. The van der Waals surface area contributed by atoms with Crippen molar-refractivity contribution in [3.8, 4) is 11.8 Å². The van der Waals surface area contributed by atoms with Crippen LogP contribution in [0.2, 0.25) is 0 Å². The van der Waals surface area contributed by atoms with E-state index in [1.54, 1.807) is 22.9 Å².